The zero-order valence-corrected chi connectivity index (χ0v) is 16.2. The number of anilines is 1. The van der Waals surface area contributed by atoms with Crippen LogP contribution in [-0.4, -0.2) is 50.2 Å². The molecule has 0 radical (unpaired) electrons. The summed E-state index contributed by atoms with van der Waals surface area (Å²) in [7, 11) is 1.91. The summed E-state index contributed by atoms with van der Waals surface area (Å²) >= 11 is 0. The van der Waals surface area contributed by atoms with Crippen molar-refractivity contribution in [3.8, 4) is 11.1 Å². The normalized spacial score (nSPS) is 19.1. The second-order valence-corrected chi connectivity index (χ2v) is 7.34. The molecule has 4 aromatic rings. The van der Waals surface area contributed by atoms with E-state index in [0.717, 1.165) is 41.1 Å². The Bertz CT molecular complexity index is 1100. The molecule has 3 aromatic heterocycles. The van der Waals surface area contributed by atoms with Gasteiger partial charge in [0.05, 0.1) is 30.3 Å². The van der Waals surface area contributed by atoms with E-state index in [2.05, 4.69) is 49.1 Å². The van der Waals surface area contributed by atoms with Crippen LogP contribution in [0.25, 0.3) is 22.2 Å². The number of ether oxygens (including phenoxy) is 1. The molecule has 5 rings (SSSR count). The molecule has 0 amide bonds. The maximum absolute atomic E-state index is 6.17. The average Bonchev–Trinajstić information content (AvgIpc) is 3.48. The highest BCUT2D eigenvalue weighted by Gasteiger charge is 2.29. The van der Waals surface area contributed by atoms with E-state index >= 15 is 0 Å². The van der Waals surface area contributed by atoms with Crippen LogP contribution in [0, 0.1) is 0 Å². The Balaban J connectivity index is 1.33. The first-order chi connectivity index (χ1) is 14.3. The van der Waals surface area contributed by atoms with Gasteiger partial charge < -0.3 is 15.4 Å². The van der Waals surface area contributed by atoms with Gasteiger partial charge >= 0.3 is 0 Å². The predicted molar refractivity (Wildman–Crippen MR) is 111 cm³/mol. The fourth-order valence-electron chi connectivity index (χ4n) is 3.67. The zero-order chi connectivity index (χ0) is 19.6. The standard InChI is InChI=1S/C21H23N7O/c1-28-12-16(9-24-28)15-7-17-20(23-8-15)26-27-21(17)25-18-10-22-11-19(18)29-13-14-5-3-2-4-6-14/h2-9,12,18-19,22H,10-11,13H2,1H3,(H2,23,25,26,27)/t18-,19-/m0/s1. The summed E-state index contributed by atoms with van der Waals surface area (Å²) in [5.74, 6) is 0.792. The van der Waals surface area contributed by atoms with E-state index in [1.165, 1.54) is 5.56 Å². The summed E-state index contributed by atoms with van der Waals surface area (Å²) < 4.78 is 7.95. The molecule has 0 unspecified atom stereocenters. The summed E-state index contributed by atoms with van der Waals surface area (Å²) in [6, 6.07) is 12.5. The number of fused-ring (bicyclic) bond motifs is 1. The van der Waals surface area contributed by atoms with E-state index in [1.54, 1.807) is 4.68 Å². The number of rotatable bonds is 6. The van der Waals surface area contributed by atoms with E-state index in [1.807, 2.05) is 43.8 Å². The minimum absolute atomic E-state index is 0.0661. The smallest absolute Gasteiger partial charge is 0.157 e. The van der Waals surface area contributed by atoms with Crippen LogP contribution in [0.4, 0.5) is 5.82 Å². The van der Waals surface area contributed by atoms with Gasteiger partial charge in [-0.3, -0.25) is 9.78 Å². The van der Waals surface area contributed by atoms with Crippen LogP contribution >= 0.6 is 0 Å². The average molecular weight is 389 g/mol. The van der Waals surface area contributed by atoms with E-state index < -0.39 is 0 Å². The third-order valence-electron chi connectivity index (χ3n) is 5.24. The summed E-state index contributed by atoms with van der Waals surface area (Å²) in [6.07, 6.45) is 5.72. The van der Waals surface area contributed by atoms with Gasteiger partial charge in [0.1, 0.15) is 0 Å². The molecule has 0 bridgehead atoms. The largest absolute Gasteiger partial charge is 0.370 e. The van der Waals surface area contributed by atoms with Gasteiger partial charge in [0.2, 0.25) is 0 Å². The van der Waals surface area contributed by atoms with Crippen molar-refractivity contribution < 1.29 is 4.74 Å². The topological polar surface area (TPSA) is 92.7 Å². The molecule has 0 saturated carbocycles. The van der Waals surface area contributed by atoms with E-state index in [0.29, 0.717) is 6.61 Å². The van der Waals surface area contributed by atoms with Gasteiger partial charge in [-0.2, -0.15) is 10.2 Å². The molecule has 8 nitrogen and oxygen atoms in total. The summed E-state index contributed by atoms with van der Waals surface area (Å²) in [5.41, 5.74) is 3.97. The Morgan fingerprint density at radius 2 is 2.07 bits per heavy atom. The third-order valence-corrected chi connectivity index (χ3v) is 5.24. The van der Waals surface area contributed by atoms with Crippen molar-refractivity contribution in [3.63, 3.8) is 0 Å². The quantitative estimate of drug-likeness (QED) is 0.469. The molecule has 148 valence electrons. The highest BCUT2D eigenvalue weighted by Crippen LogP contribution is 2.26. The number of pyridine rings is 1. The van der Waals surface area contributed by atoms with Gasteiger partial charge in [-0.25, -0.2) is 4.98 Å². The third kappa shape index (κ3) is 3.72. The van der Waals surface area contributed by atoms with Gasteiger partial charge in [0, 0.05) is 43.7 Å². The molecule has 1 saturated heterocycles. The molecule has 8 heteroatoms. The summed E-state index contributed by atoms with van der Waals surface area (Å²) in [6.45, 7) is 2.23. The highest BCUT2D eigenvalue weighted by molar-refractivity contribution is 5.90. The van der Waals surface area contributed by atoms with Gasteiger partial charge in [-0.15, -0.1) is 0 Å². The molecule has 0 spiro atoms. The van der Waals surface area contributed by atoms with Crippen molar-refractivity contribution in [2.75, 3.05) is 18.4 Å². The first-order valence-corrected chi connectivity index (χ1v) is 9.72. The maximum atomic E-state index is 6.17. The predicted octanol–water partition coefficient (Wildman–Crippen LogP) is 2.33. The van der Waals surface area contributed by atoms with Crippen molar-refractivity contribution in [2.24, 2.45) is 7.05 Å². The monoisotopic (exact) mass is 389 g/mol. The van der Waals surface area contributed by atoms with Crippen LogP contribution in [0.2, 0.25) is 0 Å². The first-order valence-electron chi connectivity index (χ1n) is 9.72. The number of hydrogen-bond donors (Lipinski definition) is 3. The van der Waals surface area contributed by atoms with Crippen molar-refractivity contribution >= 4 is 16.9 Å². The molecule has 2 atom stereocenters. The van der Waals surface area contributed by atoms with Crippen LogP contribution < -0.4 is 10.6 Å². The van der Waals surface area contributed by atoms with Crippen LogP contribution in [0.3, 0.4) is 0 Å². The molecule has 29 heavy (non-hydrogen) atoms. The Kier molecular flexibility index (Phi) is 4.71. The number of nitrogens with one attached hydrogen (secondary N) is 3. The lowest BCUT2D eigenvalue weighted by Gasteiger charge is -2.20. The van der Waals surface area contributed by atoms with Gasteiger partial charge in [-0.1, -0.05) is 30.3 Å². The zero-order valence-electron chi connectivity index (χ0n) is 16.2. The highest BCUT2D eigenvalue weighted by atomic mass is 16.5. The van der Waals surface area contributed by atoms with Crippen molar-refractivity contribution in [3.05, 3.63) is 60.6 Å². The minimum Gasteiger partial charge on any atom is -0.370 e. The molecule has 1 aromatic carbocycles. The molecular formula is C21H23N7O. The van der Waals surface area contributed by atoms with Crippen molar-refractivity contribution in [1.29, 1.82) is 0 Å². The van der Waals surface area contributed by atoms with Crippen LogP contribution in [0.5, 0.6) is 0 Å². The number of benzene rings is 1. The SMILES string of the molecule is Cn1cc(-c2cnc3[nH]nc(N[C@H]4CNC[C@@H]4OCc4ccccc4)c3c2)cn1. The fraction of sp³-hybridized carbons (Fsp3) is 0.286. The Morgan fingerprint density at radius 1 is 1.17 bits per heavy atom. The molecular weight excluding hydrogens is 366 g/mol. The van der Waals surface area contributed by atoms with E-state index in [9.17, 15) is 0 Å². The minimum atomic E-state index is 0.0661. The van der Waals surface area contributed by atoms with Gasteiger partial charge in [0.25, 0.3) is 0 Å². The molecule has 1 fully saturated rings. The number of aromatic nitrogens is 5. The van der Waals surface area contributed by atoms with Crippen LogP contribution in [0.15, 0.2) is 55.0 Å². The Labute approximate surface area is 168 Å². The first kappa shape index (κ1) is 17.8. The maximum Gasteiger partial charge on any atom is 0.157 e. The van der Waals surface area contributed by atoms with Gasteiger partial charge in [0.15, 0.2) is 11.5 Å². The molecule has 1 aliphatic heterocycles. The second-order valence-electron chi connectivity index (χ2n) is 7.34. The fourth-order valence-corrected chi connectivity index (χ4v) is 3.67. The summed E-state index contributed by atoms with van der Waals surface area (Å²) in [4.78, 5) is 4.52. The number of hydrogen-bond acceptors (Lipinski definition) is 6. The molecule has 4 heterocycles. The number of H-pyrrole nitrogens is 1. The molecule has 1 aliphatic rings. The van der Waals surface area contributed by atoms with E-state index in [-0.39, 0.29) is 12.1 Å². The number of nitrogens with zero attached hydrogens (tertiary/aromatic N) is 4. The lowest BCUT2D eigenvalue weighted by atomic mass is 10.1. The Morgan fingerprint density at radius 3 is 2.90 bits per heavy atom. The van der Waals surface area contributed by atoms with Crippen LogP contribution in [-0.2, 0) is 18.4 Å². The van der Waals surface area contributed by atoms with E-state index in [4.69, 9.17) is 4.74 Å². The Hall–Kier alpha value is -3.23. The van der Waals surface area contributed by atoms with Crippen molar-refractivity contribution in [1.82, 2.24) is 30.3 Å². The molecule has 0 aliphatic carbocycles. The second kappa shape index (κ2) is 7.65. The number of aromatic amines is 1. The van der Waals surface area contributed by atoms with Crippen LogP contribution in [0.1, 0.15) is 5.56 Å². The summed E-state index contributed by atoms with van der Waals surface area (Å²) in [5, 5.41) is 19.6. The number of aryl methyl sites for hydroxylation is 1. The van der Waals surface area contributed by atoms with Gasteiger partial charge in [-0.05, 0) is 11.6 Å². The van der Waals surface area contributed by atoms with Crippen molar-refractivity contribution in [2.45, 2.75) is 18.8 Å². The lowest BCUT2D eigenvalue weighted by Crippen LogP contribution is -2.34. The lowest BCUT2D eigenvalue weighted by molar-refractivity contribution is 0.0482. The molecule has 3 N–H and O–H groups in total.